The summed E-state index contributed by atoms with van der Waals surface area (Å²) >= 11 is 0. The van der Waals surface area contributed by atoms with Gasteiger partial charge in [-0.2, -0.15) is 0 Å². The van der Waals surface area contributed by atoms with Gasteiger partial charge in [-0.1, -0.05) is 130 Å². The Bertz CT molecular complexity index is 836. The molecule has 0 amide bonds. The van der Waals surface area contributed by atoms with Gasteiger partial charge in [0, 0.05) is 6.04 Å². The molecular weight excluding hydrogens is 473 g/mol. The molecule has 2 unspecified atom stereocenters. The van der Waals surface area contributed by atoms with E-state index >= 15 is 0 Å². The smallest absolute Gasteiger partial charge is 0.358 e. The summed E-state index contributed by atoms with van der Waals surface area (Å²) in [5, 5.41) is 2.96. The Kier molecular flexibility index (Phi) is 14.7. The van der Waals surface area contributed by atoms with Crippen LogP contribution in [0.15, 0.2) is 91.0 Å². The maximum atomic E-state index is 6.80. The van der Waals surface area contributed by atoms with E-state index in [0.717, 1.165) is 0 Å². The minimum Gasteiger partial charge on any atom is -0.358 e. The van der Waals surface area contributed by atoms with Crippen LogP contribution in [-0.4, -0.2) is 5.66 Å². The average molecular weight is 516 g/mol. The van der Waals surface area contributed by atoms with Crippen LogP contribution in [0, 0.1) is 20.8 Å². The maximum absolute atomic E-state index is 6.80. The fraction of sp³-hybridized carbons (Fsp3) is 0.355. The number of nitrogens with two attached hydrogens (primary N) is 1. The molecule has 3 aromatic rings. The van der Waals surface area contributed by atoms with E-state index < -0.39 is 7.92 Å². The van der Waals surface area contributed by atoms with Crippen molar-refractivity contribution in [2.45, 2.75) is 63.1 Å². The van der Waals surface area contributed by atoms with Crippen molar-refractivity contribution in [3.05, 3.63) is 111 Å². The van der Waals surface area contributed by atoms with Gasteiger partial charge in [0.2, 0.25) is 0 Å². The van der Waals surface area contributed by atoms with Crippen molar-refractivity contribution in [1.29, 1.82) is 0 Å². The van der Waals surface area contributed by atoms with Crippen molar-refractivity contribution in [1.82, 2.24) is 0 Å². The summed E-state index contributed by atoms with van der Waals surface area (Å²) < 4.78 is 0. The van der Waals surface area contributed by atoms with Gasteiger partial charge < -0.3 is 20.6 Å². The van der Waals surface area contributed by atoms with Gasteiger partial charge in [-0.15, -0.1) is 0 Å². The summed E-state index contributed by atoms with van der Waals surface area (Å²) in [4.78, 5) is 0. The third-order valence-electron chi connectivity index (χ3n) is 6.83. The van der Waals surface area contributed by atoms with Crippen molar-refractivity contribution < 1.29 is 17.1 Å². The zero-order chi connectivity index (χ0) is 21.3. The van der Waals surface area contributed by atoms with Crippen molar-refractivity contribution in [3.8, 4) is 0 Å². The fourth-order valence-electron chi connectivity index (χ4n) is 5.22. The SMILES string of the molecule is C1CCCC1.N[C@@H](c1ccccc1)C1CCCC1P(c1ccccc1)c1ccccc1.[CH3-].[CH3-].[Fe+2]. The van der Waals surface area contributed by atoms with Crippen LogP contribution >= 0.6 is 7.92 Å². The molecule has 3 aromatic carbocycles. The minimum absolute atomic E-state index is 0. The molecule has 2 aliphatic rings. The number of hydrogen-bond acceptors (Lipinski definition) is 1. The Balaban J connectivity index is 0.000000646. The Labute approximate surface area is 221 Å². The molecule has 0 saturated heterocycles. The average Bonchev–Trinajstić information content (AvgIpc) is 3.57. The first-order chi connectivity index (χ1) is 15.3. The summed E-state index contributed by atoms with van der Waals surface area (Å²) in [6, 6.07) is 33.0. The van der Waals surface area contributed by atoms with E-state index in [2.05, 4.69) is 91.0 Å². The van der Waals surface area contributed by atoms with Crippen LogP contribution < -0.4 is 16.3 Å². The van der Waals surface area contributed by atoms with Crippen LogP contribution in [0.5, 0.6) is 0 Å². The van der Waals surface area contributed by atoms with Gasteiger partial charge in [-0.3, -0.25) is 0 Å². The zero-order valence-electron chi connectivity index (χ0n) is 20.9. The Morgan fingerprint density at radius 1 is 0.588 bits per heavy atom. The topological polar surface area (TPSA) is 26.0 Å². The Hall–Kier alpha value is -1.43. The normalized spacial score (nSPS) is 19.6. The molecule has 0 aromatic heterocycles. The zero-order valence-corrected chi connectivity index (χ0v) is 22.9. The van der Waals surface area contributed by atoms with Crippen LogP contribution in [0.25, 0.3) is 0 Å². The largest absolute Gasteiger partial charge is 2.00 e. The second-order valence-corrected chi connectivity index (χ2v) is 11.3. The maximum Gasteiger partial charge on any atom is 2.00 e. The van der Waals surface area contributed by atoms with Crippen molar-refractivity contribution in [2.24, 2.45) is 11.7 Å². The van der Waals surface area contributed by atoms with E-state index in [1.165, 1.54) is 67.5 Å². The molecule has 184 valence electrons. The van der Waals surface area contributed by atoms with Gasteiger partial charge in [-0.25, -0.2) is 0 Å². The summed E-state index contributed by atoms with van der Waals surface area (Å²) in [6.45, 7) is 0. The van der Waals surface area contributed by atoms with E-state index in [9.17, 15) is 0 Å². The van der Waals surface area contributed by atoms with Crippen LogP contribution in [0.3, 0.4) is 0 Å². The van der Waals surface area contributed by atoms with Crippen molar-refractivity contribution in [2.75, 3.05) is 0 Å². The van der Waals surface area contributed by atoms with Crippen LogP contribution in [0.4, 0.5) is 0 Å². The monoisotopic (exact) mass is 515 g/mol. The van der Waals surface area contributed by atoms with Gasteiger partial charge in [-0.05, 0) is 48.5 Å². The first-order valence-electron chi connectivity index (χ1n) is 12.0. The molecule has 0 spiro atoms. The molecule has 0 radical (unpaired) electrons. The third-order valence-corrected chi connectivity index (χ3v) is 9.84. The van der Waals surface area contributed by atoms with E-state index in [1.54, 1.807) is 0 Å². The van der Waals surface area contributed by atoms with Gasteiger partial charge >= 0.3 is 17.1 Å². The quantitative estimate of drug-likeness (QED) is 0.209. The molecule has 3 heteroatoms. The Morgan fingerprint density at radius 3 is 1.44 bits per heavy atom. The van der Waals surface area contributed by atoms with Crippen molar-refractivity contribution >= 4 is 18.5 Å². The first-order valence-corrected chi connectivity index (χ1v) is 13.5. The first kappa shape index (κ1) is 30.6. The summed E-state index contributed by atoms with van der Waals surface area (Å²) in [5.74, 6) is 0.545. The number of benzene rings is 3. The molecule has 2 N–H and O–H groups in total. The molecule has 2 fully saturated rings. The standard InChI is InChI=1S/C24H26NP.C5H10.2CH3.Fe/c25-24(19-11-4-1-5-12-19)22-17-10-18-23(22)26(20-13-6-2-7-14-20)21-15-8-3-9-16-21;1-2-4-5-3-1;;;/h1-9,11-16,22-24H,10,17-18,25H2;1-5H2;2*1H3;/q;;2*-1;+2/t22?,23?,24-;;;;/m0..../s1. The second kappa shape index (κ2) is 16.3. The summed E-state index contributed by atoms with van der Waals surface area (Å²) in [5.41, 5.74) is 8.72. The van der Waals surface area contributed by atoms with E-state index in [-0.39, 0.29) is 38.0 Å². The predicted octanol–water partition coefficient (Wildman–Crippen LogP) is 7.84. The molecule has 0 heterocycles. The number of rotatable bonds is 5. The van der Waals surface area contributed by atoms with E-state index in [4.69, 9.17) is 5.73 Å². The molecule has 5 rings (SSSR count). The van der Waals surface area contributed by atoms with Crippen LogP contribution in [-0.2, 0) is 17.1 Å². The van der Waals surface area contributed by atoms with Crippen molar-refractivity contribution in [3.63, 3.8) is 0 Å². The minimum atomic E-state index is -0.394. The van der Waals surface area contributed by atoms with Crippen LogP contribution in [0.2, 0.25) is 0 Å². The molecule has 34 heavy (non-hydrogen) atoms. The molecule has 0 bridgehead atoms. The molecule has 0 aliphatic heterocycles. The second-order valence-electron chi connectivity index (χ2n) is 8.91. The summed E-state index contributed by atoms with van der Waals surface area (Å²) in [6.07, 6.45) is 11.3. The van der Waals surface area contributed by atoms with Crippen LogP contribution in [0.1, 0.15) is 63.0 Å². The molecular formula is C31H42FeNP. The predicted molar refractivity (Wildman–Crippen MR) is 149 cm³/mol. The third kappa shape index (κ3) is 8.06. The molecule has 2 saturated carbocycles. The van der Waals surface area contributed by atoms with E-state index in [0.29, 0.717) is 11.6 Å². The van der Waals surface area contributed by atoms with Gasteiger partial charge in [0.25, 0.3) is 0 Å². The van der Waals surface area contributed by atoms with Gasteiger partial charge in [0.15, 0.2) is 0 Å². The number of hydrogen-bond donors (Lipinski definition) is 1. The molecule has 3 atom stereocenters. The van der Waals surface area contributed by atoms with Gasteiger partial charge in [0.1, 0.15) is 0 Å². The fourth-order valence-corrected chi connectivity index (χ4v) is 8.43. The van der Waals surface area contributed by atoms with E-state index in [1.807, 2.05) is 0 Å². The molecule has 1 nitrogen and oxygen atoms in total. The Morgan fingerprint density at radius 2 is 1.00 bits per heavy atom. The van der Waals surface area contributed by atoms with Gasteiger partial charge in [0.05, 0.1) is 0 Å². The molecule has 2 aliphatic carbocycles. The summed E-state index contributed by atoms with van der Waals surface area (Å²) in [7, 11) is -0.394.